The van der Waals surface area contributed by atoms with E-state index in [2.05, 4.69) is 0 Å². The van der Waals surface area contributed by atoms with E-state index in [4.69, 9.17) is 14.2 Å². The molecule has 0 aromatic heterocycles. The highest BCUT2D eigenvalue weighted by Gasteiger charge is 2.42. The fourth-order valence-corrected chi connectivity index (χ4v) is 3.44. The van der Waals surface area contributed by atoms with Crippen LogP contribution in [0.15, 0.2) is 24.3 Å². The summed E-state index contributed by atoms with van der Waals surface area (Å²) in [5, 5.41) is 41.4. The third kappa shape index (κ3) is 3.93. The third-order valence-electron chi connectivity index (χ3n) is 4.83. The molecule has 1 fully saturated rings. The minimum absolute atomic E-state index is 0.0664. The van der Waals surface area contributed by atoms with Crippen molar-refractivity contribution in [2.45, 2.75) is 56.4 Å². The monoisotopic (exact) mass is 380 g/mol. The van der Waals surface area contributed by atoms with Crippen LogP contribution >= 0.6 is 0 Å². The van der Waals surface area contributed by atoms with Crippen LogP contribution in [0.3, 0.4) is 0 Å². The Morgan fingerprint density at radius 3 is 2.63 bits per heavy atom. The van der Waals surface area contributed by atoms with Gasteiger partial charge in [0, 0.05) is 24.5 Å². The normalized spacial score (nSPS) is 35.2. The molecule has 4 N–H and O–H groups in total. The van der Waals surface area contributed by atoms with Gasteiger partial charge in [0.15, 0.2) is 0 Å². The number of esters is 1. The molecule has 1 saturated heterocycles. The summed E-state index contributed by atoms with van der Waals surface area (Å²) in [6, 6.07) is 2.74. The lowest BCUT2D eigenvalue weighted by molar-refractivity contribution is -0.193. The van der Waals surface area contributed by atoms with Crippen LogP contribution in [0.1, 0.15) is 41.8 Å². The Morgan fingerprint density at radius 1 is 1.19 bits per heavy atom. The summed E-state index contributed by atoms with van der Waals surface area (Å²) >= 11 is 0. The molecule has 0 spiro atoms. The predicted molar refractivity (Wildman–Crippen MR) is 93.5 cm³/mol. The van der Waals surface area contributed by atoms with Crippen molar-refractivity contribution >= 4 is 5.97 Å². The molecular weight excluding hydrogens is 356 g/mol. The van der Waals surface area contributed by atoms with E-state index in [1.165, 1.54) is 25.3 Å². The largest absolute Gasteiger partial charge is 0.507 e. The first kappa shape index (κ1) is 19.6. The van der Waals surface area contributed by atoms with Gasteiger partial charge in [-0.1, -0.05) is 12.2 Å². The summed E-state index contributed by atoms with van der Waals surface area (Å²) in [5.74, 6) is -0.864. The van der Waals surface area contributed by atoms with Crippen molar-refractivity contribution in [1.82, 2.24) is 0 Å². The molecule has 0 radical (unpaired) electrons. The van der Waals surface area contributed by atoms with Crippen LogP contribution in [0.5, 0.6) is 11.5 Å². The number of cyclic esters (lactones) is 1. The van der Waals surface area contributed by atoms with Gasteiger partial charge in [0.05, 0.1) is 19.3 Å². The molecule has 0 amide bonds. The number of fused-ring (bicyclic) bond motifs is 4. The molecule has 0 unspecified atom stereocenters. The lowest BCUT2D eigenvalue weighted by atomic mass is 9.88. The van der Waals surface area contributed by atoms with Gasteiger partial charge in [0.25, 0.3) is 0 Å². The zero-order chi connectivity index (χ0) is 19.7. The number of hydrogen-bond donors (Lipinski definition) is 4. The number of aliphatic hydroxyl groups is 3. The van der Waals surface area contributed by atoms with Gasteiger partial charge in [0.1, 0.15) is 41.5 Å². The summed E-state index contributed by atoms with van der Waals surface area (Å²) in [6.45, 7) is 1.68. The average molecular weight is 380 g/mol. The van der Waals surface area contributed by atoms with Crippen molar-refractivity contribution in [1.29, 1.82) is 0 Å². The maximum absolute atomic E-state index is 12.7. The zero-order valence-corrected chi connectivity index (χ0v) is 15.1. The number of aromatic hydroxyl groups is 1. The highest BCUT2D eigenvalue weighted by molar-refractivity contribution is 5.94. The van der Waals surface area contributed by atoms with Crippen molar-refractivity contribution in [3.8, 4) is 11.5 Å². The number of carbonyl (C=O) groups is 1. The Bertz CT molecular complexity index is 731. The Labute approximate surface area is 156 Å². The molecule has 1 aromatic carbocycles. The van der Waals surface area contributed by atoms with Crippen LogP contribution in [-0.4, -0.2) is 64.0 Å². The van der Waals surface area contributed by atoms with E-state index in [1.807, 2.05) is 0 Å². The maximum atomic E-state index is 12.7. The zero-order valence-electron chi connectivity index (χ0n) is 15.1. The number of methoxy groups -OCH3 is 1. The van der Waals surface area contributed by atoms with Crippen molar-refractivity contribution in [2.75, 3.05) is 7.11 Å². The first-order valence-corrected chi connectivity index (χ1v) is 8.80. The minimum atomic E-state index is -1.16. The SMILES string of the molecule is COc1cc(O)c2c(c1)[C@@H]1O[C@H]([C@H](O)/C=C\C[C@H](C)OC2=O)[C@@H](O)C[C@H]1O. The Morgan fingerprint density at radius 2 is 1.93 bits per heavy atom. The van der Waals surface area contributed by atoms with E-state index in [0.717, 1.165) is 0 Å². The van der Waals surface area contributed by atoms with E-state index in [0.29, 0.717) is 6.42 Å². The molecule has 27 heavy (non-hydrogen) atoms. The van der Waals surface area contributed by atoms with Crippen LogP contribution in [0.4, 0.5) is 0 Å². The molecule has 2 aliphatic heterocycles. The van der Waals surface area contributed by atoms with E-state index in [-0.39, 0.29) is 29.0 Å². The van der Waals surface area contributed by atoms with Crippen molar-refractivity contribution in [3.05, 3.63) is 35.4 Å². The highest BCUT2D eigenvalue weighted by Crippen LogP contribution is 2.40. The number of phenols is 1. The number of rotatable bonds is 1. The van der Waals surface area contributed by atoms with Crippen LogP contribution in [0, 0.1) is 0 Å². The van der Waals surface area contributed by atoms with Crippen LogP contribution in [0.2, 0.25) is 0 Å². The van der Waals surface area contributed by atoms with Gasteiger partial charge in [-0.3, -0.25) is 0 Å². The smallest absolute Gasteiger partial charge is 0.342 e. The number of hydrogen-bond acceptors (Lipinski definition) is 8. The first-order chi connectivity index (χ1) is 12.8. The second-order valence-electron chi connectivity index (χ2n) is 6.87. The molecule has 6 atom stereocenters. The molecule has 148 valence electrons. The molecule has 2 heterocycles. The fourth-order valence-electron chi connectivity index (χ4n) is 3.44. The van der Waals surface area contributed by atoms with Crippen molar-refractivity contribution in [3.63, 3.8) is 0 Å². The quantitative estimate of drug-likeness (QED) is 0.417. The van der Waals surface area contributed by atoms with Gasteiger partial charge < -0.3 is 34.6 Å². The first-order valence-electron chi connectivity index (χ1n) is 8.80. The molecule has 2 bridgehead atoms. The second kappa shape index (κ2) is 7.85. The Hall–Kier alpha value is -2.13. The fraction of sp³-hybridized carbons (Fsp3) is 0.526. The molecule has 0 aliphatic carbocycles. The summed E-state index contributed by atoms with van der Waals surface area (Å²) in [6.07, 6.45) is -2.57. The van der Waals surface area contributed by atoms with Gasteiger partial charge in [-0.05, 0) is 13.0 Å². The molecule has 0 saturated carbocycles. The topological polar surface area (TPSA) is 126 Å². The molecule has 8 nitrogen and oxygen atoms in total. The lowest BCUT2D eigenvalue weighted by Crippen LogP contribution is -2.48. The second-order valence-corrected chi connectivity index (χ2v) is 6.87. The number of aliphatic hydroxyl groups excluding tert-OH is 3. The average Bonchev–Trinajstić information content (AvgIpc) is 2.59. The van der Waals surface area contributed by atoms with Crippen molar-refractivity contribution in [2.24, 2.45) is 0 Å². The standard InChI is InChI=1S/C19H24O8/c1-9-4-3-5-12(20)18-15(23)8-14(22)17(27-18)11-6-10(25-2)7-13(21)16(11)19(24)26-9/h3,5-7,9,12,14-15,17-18,20-23H,4,8H2,1-2H3/b5-3-/t9-,12+,14+,15-,17-,18+/m0/s1. The van der Waals surface area contributed by atoms with Crippen LogP contribution < -0.4 is 4.74 Å². The van der Waals surface area contributed by atoms with E-state index < -0.39 is 42.6 Å². The van der Waals surface area contributed by atoms with Gasteiger partial charge in [0.2, 0.25) is 0 Å². The lowest BCUT2D eigenvalue weighted by Gasteiger charge is -2.39. The van der Waals surface area contributed by atoms with Gasteiger partial charge in [-0.2, -0.15) is 0 Å². The van der Waals surface area contributed by atoms with Crippen LogP contribution in [-0.2, 0) is 9.47 Å². The molecule has 8 heteroatoms. The number of ether oxygens (including phenoxy) is 3. The Balaban J connectivity index is 2.14. The number of carbonyl (C=O) groups excluding carboxylic acids is 1. The van der Waals surface area contributed by atoms with Gasteiger partial charge >= 0.3 is 5.97 Å². The summed E-state index contributed by atoms with van der Waals surface area (Å²) in [7, 11) is 1.40. The number of benzene rings is 1. The van der Waals surface area contributed by atoms with Crippen molar-refractivity contribution < 1.29 is 39.4 Å². The maximum Gasteiger partial charge on any atom is 0.342 e. The summed E-state index contributed by atoms with van der Waals surface area (Å²) < 4.78 is 16.3. The predicted octanol–water partition coefficient (Wildman–Crippen LogP) is 0.819. The Kier molecular flexibility index (Phi) is 5.71. The minimum Gasteiger partial charge on any atom is -0.507 e. The summed E-state index contributed by atoms with van der Waals surface area (Å²) in [4.78, 5) is 12.7. The van der Waals surface area contributed by atoms with Crippen LogP contribution in [0.25, 0.3) is 0 Å². The van der Waals surface area contributed by atoms with E-state index in [1.54, 1.807) is 13.0 Å². The molecule has 3 rings (SSSR count). The molecule has 2 aliphatic rings. The molecule has 1 aromatic rings. The summed E-state index contributed by atoms with van der Waals surface area (Å²) in [5.41, 5.74) is 0.0334. The van der Waals surface area contributed by atoms with E-state index >= 15 is 0 Å². The van der Waals surface area contributed by atoms with E-state index in [9.17, 15) is 25.2 Å². The third-order valence-corrected chi connectivity index (χ3v) is 4.83. The molecular formula is C19H24O8. The van der Waals surface area contributed by atoms with Gasteiger partial charge in [-0.15, -0.1) is 0 Å². The van der Waals surface area contributed by atoms with Gasteiger partial charge in [-0.25, -0.2) is 4.79 Å². The highest BCUT2D eigenvalue weighted by atomic mass is 16.5. The number of phenolic OH excluding ortho intramolecular Hbond substituents is 1.